The van der Waals surface area contributed by atoms with E-state index in [4.69, 9.17) is 4.52 Å². The first-order chi connectivity index (χ1) is 10.3. The topological polar surface area (TPSA) is 80.0 Å². The summed E-state index contributed by atoms with van der Waals surface area (Å²) in [5.41, 5.74) is 2.45. The number of rotatable bonds is 4. The van der Waals surface area contributed by atoms with Crippen molar-refractivity contribution in [2.24, 2.45) is 0 Å². The molecular formula is C15H16N4O2. The van der Waals surface area contributed by atoms with Crippen molar-refractivity contribution in [1.29, 1.82) is 0 Å². The molecule has 108 valence electrons. The van der Waals surface area contributed by atoms with Gasteiger partial charge in [0.1, 0.15) is 5.69 Å². The van der Waals surface area contributed by atoms with Gasteiger partial charge < -0.3 is 15.2 Å². The molecule has 2 N–H and O–H groups in total. The summed E-state index contributed by atoms with van der Waals surface area (Å²) in [5, 5.41) is 13.8. The second-order valence-electron chi connectivity index (χ2n) is 4.82. The van der Waals surface area contributed by atoms with Crippen LogP contribution in [-0.2, 0) is 4.79 Å². The molecule has 0 saturated carbocycles. The molecular weight excluding hydrogens is 268 g/mol. The Bertz CT molecular complexity index is 631. The van der Waals surface area contributed by atoms with Gasteiger partial charge in [0.15, 0.2) is 12.0 Å². The van der Waals surface area contributed by atoms with Gasteiger partial charge in [0.05, 0.1) is 6.04 Å². The van der Waals surface area contributed by atoms with E-state index in [0.717, 1.165) is 24.2 Å². The molecule has 1 aliphatic rings. The van der Waals surface area contributed by atoms with Crippen LogP contribution in [0, 0.1) is 0 Å². The van der Waals surface area contributed by atoms with Crippen LogP contribution in [0.25, 0.3) is 17.3 Å². The molecule has 0 aliphatic carbocycles. The minimum Gasteiger partial charge on any atom is -0.345 e. The second-order valence-corrected chi connectivity index (χ2v) is 4.82. The molecule has 21 heavy (non-hydrogen) atoms. The zero-order chi connectivity index (χ0) is 14.5. The molecule has 0 bridgehead atoms. The van der Waals surface area contributed by atoms with Gasteiger partial charge in [0.25, 0.3) is 0 Å². The number of benzene rings is 1. The lowest BCUT2D eigenvalue weighted by atomic mass is 10.0. The van der Waals surface area contributed by atoms with Gasteiger partial charge in [-0.25, -0.2) is 0 Å². The van der Waals surface area contributed by atoms with Crippen molar-refractivity contribution in [3.05, 3.63) is 42.2 Å². The van der Waals surface area contributed by atoms with Crippen LogP contribution in [-0.4, -0.2) is 41.8 Å². The quantitative estimate of drug-likeness (QED) is 0.811. The van der Waals surface area contributed by atoms with Crippen LogP contribution in [0.2, 0.25) is 0 Å². The fourth-order valence-electron chi connectivity index (χ4n) is 2.30. The highest BCUT2D eigenvalue weighted by Crippen LogP contribution is 2.22. The minimum absolute atomic E-state index is 0.0651. The van der Waals surface area contributed by atoms with Crippen molar-refractivity contribution in [3.8, 4) is 11.3 Å². The van der Waals surface area contributed by atoms with E-state index in [0.29, 0.717) is 12.2 Å². The first-order valence-corrected chi connectivity index (χ1v) is 6.87. The lowest BCUT2D eigenvalue weighted by Gasteiger charge is -2.21. The molecule has 1 unspecified atom stereocenters. The summed E-state index contributed by atoms with van der Waals surface area (Å²) < 4.78 is 4.77. The molecule has 1 aliphatic heterocycles. The smallest absolute Gasteiger partial charge is 0.173 e. The third-order valence-electron chi connectivity index (χ3n) is 3.41. The maximum Gasteiger partial charge on any atom is 0.173 e. The van der Waals surface area contributed by atoms with Gasteiger partial charge in [-0.05, 0) is 11.6 Å². The monoisotopic (exact) mass is 284 g/mol. The van der Waals surface area contributed by atoms with Crippen molar-refractivity contribution in [3.63, 3.8) is 0 Å². The van der Waals surface area contributed by atoms with Crippen LogP contribution < -0.4 is 10.6 Å². The summed E-state index contributed by atoms with van der Waals surface area (Å²) >= 11 is 0. The first-order valence-electron chi connectivity index (χ1n) is 6.87. The predicted octanol–water partition coefficient (Wildman–Crippen LogP) is 0.880. The highest BCUT2D eigenvalue weighted by atomic mass is 16.5. The minimum atomic E-state index is -0.157. The van der Waals surface area contributed by atoms with Gasteiger partial charge in [-0.3, -0.25) is 4.79 Å². The van der Waals surface area contributed by atoms with Crippen LogP contribution in [0.5, 0.6) is 0 Å². The van der Waals surface area contributed by atoms with E-state index in [-0.39, 0.29) is 11.8 Å². The van der Waals surface area contributed by atoms with Gasteiger partial charge in [0, 0.05) is 30.5 Å². The van der Waals surface area contributed by atoms with Crippen molar-refractivity contribution in [2.75, 3.05) is 19.6 Å². The number of piperazine rings is 1. The maximum atomic E-state index is 12.1. The molecule has 1 saturated heterocycles. The Morgan fingerprint density at radius 2 is 2.24 bits per heavy atom. The van der Waals surface area contributed by atoms with Crippen LogP contribution in [0.4, 0.5) is 0 Å². The number of hydrogen-bond acceptors (Lipinski definition) is 6. The van der Waals surface area contributed by atoms with Crippen LogP contribution in [0.15, 0.2) is 41.1 Å². The van der Waals surface area contributed by atoms with Crippen molar-refractivity contribution in [1.82, 2.24) is 21.0 Å². The number of nitrogens with zero attached hydrogens (tertiary/aromatic N) is 2. The lowest BCUT2D eigenvalue weighted by molar-refractivity contribution is -0.116. The number of carbonyl (C=O) groups is 1. The third-order valence-corrected chi connectivity index (χ3v) is 3.41. The Morgan fingerprint density at radius 3 is 3.00 bits per heavy atom. The number of aromatic nitrogens is 2. The Morgan fingerprint density at radius 1 is 1.33 bits per heavy atom. The molecule has 6 heteroatoms. The molecule has 0 radical (unpaired) electrons. The Kier molecular flexibility index (Phi) is 4.18. The number of carbonyl (C=O) groups excluding carboxylic acids is 1. The molecule has 6 nitrogen and oxygen atoms in total. The van der Waals surface area contributed by atoms with E-state index in [9.17, 15) is 4.79 Å². The predicted molar refractivity (Wildman–Crippen MR) is 78.4 cm³/mol. The van der Waals surface area contributed by atoms with E-state index in [2.05, 4.69) is 21.0 Å². The standard InChI is InChI=1S/C15H16N4O2/c20-15(13-9-16-7-8-17-13)6-5-11-3-1-2-4-12(11)14-10-21-19-18-14/h1-6,10,13,16-17H,7-9H2. The molecule has 1 aromatic heterocycles. The Balaban J connectivity index is 1.78. The molecule has 3 rings (SSSR count). The van der Waals surface area contributed by atoms with E-state index in [1.165, 1.54) is 6.26 Å². The van der Waals surface area contributed by atoms with E-state index in [1.807, 2.05) is 30.3 Å². The number of nitrogens with one attached hydrogen (secondary N) is 2. The Labute approximate surface area is 122 Å². The fraction of sp³-hybridized carbons (Fsp3) is 0.267. The molecule has 2 aromatic rings. The van der Waals surface area contributed by atoms with Crippen LogP contribution in [0.3, 0.4) is 0 Å². The fourth-order valence-corrected chi connectivity index (χ4v) is 2.30. The average molecular weight is 284 g/mol. The zero-order valence-electron chi connectivity index (χ0n) is 11.5. The summed E-state index contributed by atoms with van der Waals surface area (Å²) in [5.74, 6) is 0.0651. The zero-order valence-corrected chi connectivity index (χ0v) is 11.5. The van der Waals surface area contributed by atoms with Gasteiger partial charge in [-0.15, -0.1) is 5.10 Å². The Hall–Kier alpha value is -2.31. The number of ketones is 1. The normalized spacial score (nSPS) is 19.0. The summed E-state index contributed by atoms with van der Waals surface area (Å²) in [7, 11) is 0. The van der Waals surface area contributed by atoms with E-state index < -0.39 is 0 Å². The summed E-state index contributed by atoms with van der Waals surface area (Å²) in [4.78, 5) is 12.1. The van der Waals surface area contributed by atoms with E-state index >= 15 is 0 Å². The van der Waals surface area contributed by atoms with Crippen LogP contribution in [0.1, 0.15) is 5.56 Å². The maximum absolute atomic E-state index is 12.1. The van der Waals surface area contributed by atoms with Gasteiger partial charge >= 0.3 is 0 Å². The molecule has 1 fully saturated rings. The van der Waals surface area contributed by atoms with Gasteiger partial charge in [-0.1, -0.05) is 30.3 Å². The highest BCUT2D eigenvalue weighted by Gasteiger charge is 2.17. The molecule has 0 spiro atoms. The van der Waals surface area contributed by atoms with Crippen molar-refractivity contribution < 1.29 is 9.32 Å². The molecule has 1 atom stereocenters. The average Bonchev–Trinajstić information content (AvgIpc) is 3.08. The molecule has 0 amide bonds. The highest BCUT2D eigenvalue weighted by molar-refractivity contribution is 5.98. The largest absolute Gasteiger partial charge is 0.345 e. The van der Waals surface area contributed by atoms with Crippen molar-refractivity contribution >= 4 is 11.9 Å². The van der Waals surface area contributed by atoms with Crippen LogP contribution >= 0.6 is 0 Å². The lowest BCUT2D eigenvalue weighted by Crippen LogP contribution is -2.51. The SMILES string of the molecule is O=C(C=Cc1ccccc1-c1conn1)C1CNCCN1. The number of hydrogen-bond donors (Lipinski definition) is 2. The summed E-state index contributed by atoms with van der Waals surface area (Å²) in [6.45, 7) is 2.37. The summed E-state index contributed by atoms with van der Waals surface area (Å²) in [6, 6.07) is 7.53. The second kappa shape index (κ2) is 6.43. The summed E-state index contributed by atoms with van der Waals surface area (Å²) in [6.07, 6.45) is 4.90. The van der Waals surface area contributed by atoms with E-state index in [1.54, 1.807) is 6.08 Å². The molecule has 2 heterocycles. The molecule has 1 aromatic carbocycles. The van der Waals surface area contributed by atoms with Gasteiger partial charge in [-0.2, -0.15) is 0 Å². The third kappa shape index (κ3) is 3.24. The van der Waals surface area contributed by atoms with Gasteiger partial charge in [0.2, 0.25) is 0 Å². The van der Waals surface area contributed by atoms with Crippen molar-refractivity contribution in [2.45, 2.75) is 6.04 Å². The first kappa shape index (κ1) is 13.7.